The van der Waals surface area contributed by atoms with Crippen LogP contribution in [-0.2, 0) is 22.4 Å². The van der Waals surface area contributed by atoms with Crippen LogP contribution < -0.4 is 4.74 Å². The Morgan fingerprint density at radius 2 is 1.79 bits per heavy atom. The maximum atomic E-state index is 11.1. The first-order valence-electron chi connectivity index (χ1n) is 11.5. The second kappa shape index (κ2) is 9.74. The van der Waals surface area contributed by atoms with Gasteiger partial charge in [-0.1, -0.05) is 55.5 Å². The molecular weight excluding hydrogens is 428 g/mol. The molecule has 1 aliphatic rings. The summed E-state index contributed by atoms with van der Waals surface area (Å²) in [4.78, 5) is 11.1. The summed E-state index contributed by atoms with van der Waals surface area (Å²) in [6.45, 7) is 5.07. The number of hydrogen-bond donors (Lipinski definition) is 2. The van der Waals surface area contributed by atoms with Crippen molar-refractivity contribution in [3.8, 4) is 22.6 Å². The van der Waals surface area contributed by atoms with E-state index in [1.165, 1.54) is 23.8 Å². The Bertz CT molecular complexity index is 1220. The summed E-state index contributed by atoms with van der Waals surface area (Å²) in [5.41, 5.74) is 6.67. The molecule has 1 heterocycles. The highest BCUT2D eigenvalue weighted by Gasteiger charge is 2.39. The van der Waals surface area contributed by atoms with Gasteiger partial charge in [-0.2, -0.15) is 0 Å². The van der Waals surface area contributed by atoms with Crippen molar-refractivity contribution in [2.45, 2.75) is 38.7 Å². The van der Waals surface area contributed by atoms with E-state index in [1.807, 2.05) is 24.3 Å². The van der Waals surface area contributed by atoms with Gasteiger partial charge in [0.25, 0.3) is 0 Å². The number of aryl methyl sites for hydroxylation is 1. The number of methoxy groups -OCH3 is 1. The molecule has 1 unspecified atom stereocenters. The van der Waals surface area contributed by atoms with Crippen molar-refractivity contribution >= 4 is 12.0 Å². The Kier molecular flexibility index (Phi) is 6.75. The van der Waals surface area contributed by atoms with Crippen LogP contribution in [0.15, 0.2) is 60.7 Å². The fourth-order valence-electron chi connectivity index (χ4n) is 4.14. The van der Waals surface area contributed by atoms with Crippen LogP contribution in [0, 0.1) is 6.92 Å². The van der Waals surface area contributed by atoms with E-state index < -0.39 is 5.97 Å². The number of ether oxygens (including phenoxy) is 2. The highest BCUT2D eigenvalue weighted by Crippen LogP contribution is 2.39. The third-order valence-electron chi connectivity index (χ3n) is 6.40. The van der Waals surface area contributed by atoms with Crippen LogP contribution in [0.1, 0.15) is 41.2 Å². The van der Waals surface area contributed by atoms with Gasteiger partial charge in [0.1, 0.15) is 5.60 Å². The number of epoxide rings is 1. The maximum Gasteiger partial charge on any atom is 0.307 e. The molecule has 5 heteroatoms. The van der Waals surface area contributed by atoms with Gasteiger partial charge < -0.3 is 19.7 Å². The minimum atomic E-state index is -0.934. The Hall–Kier alpha value is -3.57. The summed E-state index contributed by atoms with van der Waals surface area (Å²) in [5.74, 6) is -0.665. The molecule has 0 amide bonds. The molecule has 0 radical (unpaired) electrons. The number of rotatable bonds is 9. The number of benzene rings is 3. The van der Waals surface area contributed by atoms with Crippen molar-refractivity contribution in [1.82, 2.24) is 0 Å². The molecule has 176 valence electrons. The number of carbonyl (C=O) groups is 1. The maximum absolute atomic E-state index is 11.1. The van der Waals surface area contributed by atoms with Crippen LogP contribution in [0.2, 0.25) is 0 Å². The van der Waals surface area contributed by atoms with Crippen molar-refractivity contribution < 1.29 is 24.5 Å². The molecule has 0 aliphatic carbocycles. The summed E-state index contributed by atoms with van der Waals surface area (Å²) < 4.78 is 10.8. The quantitative estimate of drug-likeness (QED) is 0.397. The molecule has 1 atom stereocenters. The Labute approximate surface area is 200 Å². The molecule has 1 aliphatic heterocycles. The van der Waals surface area contributed by atoms with Crippen molar-refractivity contribution in [2.75, 3.05) is 13.7 Å². The van der Waals surface area contributed by atoms with Crippen molar-refractivity contribution in [1.29, 1.82) is 0 Å². The molecule has 5 nitrogen and oxygen atoms in total. The second-order valence-electron chi connectivity index (χ2n) is 8.87. The van der Waals surface area contributed by atoms with Gasteiger partial charge in [0.15, 0.2) is 11.5 Å². The standard InChI is InChI=1S/C29H30O5/c1-4-29(18-34-29)12-11-23-8-7-21(13-19(23)2)14-20-5-9-24(10-6-20)25-15-22(17-27(30)31)16-26(33-3)28(25)32/h5-13,15-16,32H,4,14,17-18H2,1-3H3,(H,30,31)/b12-11+. The van der Waals surface area contributed by atoms with E-state index in [0.29, 0.717) is 11.1 Å². The van der Waals surface area contributed by atoms with Crippen molar-refractivity contribution in [3.05, 3.63) is 88.5 Å². The minimum absolute atomic E-state index is 0.00473. The van der Waals surface area contributed by atoms with E-state index in [0.717, 1.165) is 30.6 Å². The van der Waals surface area contributed by atoms with E-state index in [4.69, 9.17) is 14.6 Å². The molecule has 3 aromatic carbocycles. The molecule has 3 aromatic rings. The van der Waals surface area contributed by atoms with Crippen LogP contribution in [0.4, 0.5) is 0 Å². The lowest BCUT2D eigenvalue weighted by Gasteiger charge is -2.13. The number of carboxylic acids is 1. The predicted octanol–water partition coefficient (Wildman–Crippen LogP) is 5.79. The lowest BCUT2D eigenvalue weighted by atomic mass is 9.96. The molecule has 1 saturated heterocycles. The number of phenolic OH excluding ortho intramolecular Hbond substituents is 1. The van der Waals surface area contributed by atoms with Gasteiger partial charge in [-0.3, -0.25) is 4.79 Å². The van der Waals surface area contributed by atoms with Crippen LogP contribution in [0.3, 0.4) is 0 Å². The summed E-state index contributed by atoms with van der Waals surface area (Å²) in [6.07, 6.45) is 5.97. The third-order valence-corrected chi connectivity index (χ3v) is 6.40. The number of phenols is 1. The van der Waals surface area contributed by atoms with Gasteiger partial charge in [0, 0.05) is 5.56 Å². The number of aromatic hydroxyl groups is 1. The van der Waals surface area contributed by atoms with Crippen LogP contribution in [-0.4, -0.2) is 35.5 Å². The van der Waals surface area contributed by atoms with E-state index >= 15 is 0 Å². The number of aliphatic carboxylic acids is 1. The molecule has 0 bridgehead atoms. The summed E-state index contributed by atoms with van der Waals surface area (Å²) in [6, 6.07) is 17.7. The monoisotopic (exact) mass is 458 g/mol. The van der Waals surface area contributed by atoms with E-state index in [9.17, 15) is 9.90 Å². The molecule has 4 rings (SSSR count). The van der Waals surface area contributed by atoms with Crippen LogP contribution in [0.25, 0.3) is 17.2 Å². The molecule has 0 spiro atoms. The molecule has 34 heavy (non-hydrogen) atoms. The lowest BCUT2D eigenvalue weighted by Crippen LogP contribution is -2.03. The third kappa shape index (κ3) is 5.32. The molecule has 2 N–H and O–H groups in total. The first-order valence-corrected chi connectivity index (χ1v) is 11.5. The van der Waals surface area contributed by atoms with Crippen molar-refractivity contribution in [2.24, 2.45) is 0 Å². The smallest absolute Gasteiger partial charge is 0.307 e. The topological polar surface area (TPSA) is 79.3 Å². The highest BCUT2D eigenvalue weighted by molar-refractivity contribution is 5.77. The average molecular weight is 459 g/mol. The van der Waals surface area contributed by atoms with Gasteiger partial charge >= 0.3 is 5.97 Å². The molecule has 0 aromatic heterocycles. The molecule has 1 fully saturated rings. The minimum Gasteiger partial charge on any atom is -0.504 e. The fourth-order valence-corrected chi connectivity index (χ4v) is 4.14. The zero-order valence-corrected chi connectivity index (χ0v) is 19.8. The zero-order chi connectivity index (χ0) is 24.3. The first-order chi connectivity index (χ1) is 16.3. The van der Waals surface area contributed by atoms with E-state index in [2.05, 4.69) is 44.2 Å². The summed E-state index contributed by atoms with van der Waals surface area (Å²) in [7, 11) is 1.46. The fraction of sp³-hybridized carbons (Fsp3) is 0.276. The highest BCUT2D eigenvalue weighted by atomic mass is 16.6. The lowest BCUT2D eigenvalue weighted by molar-refractivity contribution is -0.136. The van der Waals surface area contributed by atoms with Gasteiger partial charge in [-0.05, 0) is 71.4 Å². The Morgan fingerprint density at radius 1 is 1.09 bits per heavy atom. The number of carboxylic acid groups (broad SMARTS) is 1. The molecule has 0 saturated carbocycles. The summed E-state index contributed by atoms with van der Waals surface area (Å²) in [5, 5.41) is 19.7. The second-order valence-corrected chi connectivity index (χ2v) is 8.87. The van der Waals surface area contributed by atoms with Crippen LogP contribution in [0.5, 0.6) is 11.5 Å². The van der Waals surface area contributed by atoms with Gasteiger partial charge in [0.2, 0.25) is 0 Å². The Balaban J connectivity index is 1.51. The average Bonchev–Trinajstić information content (AvgIpc) is 3.60. The molecular formula is C29H30O5. The SMILES string of the molecule is CCC1(/C=C/c2ccc(Cc3ccc(-c4cc(CC(=O)O)cc(OC)c4O)cc3)cc2C)CO1. The number of hydrogen-bond acceptors (Lipinski definition) is 4. The van der Waals surface area contributed by atoms with Crippen molar-refractivity contribution in [3.63, 3.8) is 0 Å². The Morgan fingerprint density at radius 3 is 2.38 bits per heavy atom. The van der Waals surface area contributed by atoms with E-state index in [1.54, 1.807) is 12.1 Å². The van der Waals surface area contributed by atoms with Gasteiger partial charge in [-0.25, -0.2) is 0 Å². The van der Waals surface area contributed by atoms with E-state index in [-0.39, 0.29) is 23.5 Å². The first kappa shape index (κ1) is 23.6. The largest absolute Gasteiger partial charge is 0.504 e. The summed E-state index contributed by atoms with van der Waals surface area (Å²) >= 11 is 0. The van der Waals surface area contributed by atoms with Crippen LogP contribution >= 0.6 is 0 Å². The normalized spacial score (nSPS) is 17.1. The van der Waals surface area contributed by atoms with Gasteiger partial charge in [-0.15, -0.1) is 0 Å². The van der Waals surface area contributed by atoms with Gasteiger partial charge in [0.05, 0.1) is 20.1 Å². The zero-order valence-electron chi connectivity index (χ0n) is 19.8. The predicted molar refractivity (Wildman–Crippen MR) is 133 cm³/mol.